The topological polar surface area (TPSA) is 197 Å². The van der Waals surface area contributed by atoms with Crippen LogP contribution in [-0.4, -0.2) is 46.6 Å². The van der Waals surface area contributed by atoms with Crippen molar-refractivity contribution in [1.29, 1.82) is 0 Å². The molecule has 45 heavy (non-hydrogen) atoms. The Balaban J connectivity index is 1.67. The number of fused-ring (bicyclic) bond motifs is 2. The number of nitrogens with zero attached hydrogens (tertiary/aromatic N) is 1. The highest BCUT2D eigenvalue weighted by Gasteiger charge is 2.34. The van der Waals surface area contributed by atoms with E-state index in [4.69, 9.17) is 0 Å². The number of anilines is 2. The average Bonchev–Trinajstić information content (AvgIpc) is 3.01. The predicted molar refractivity (Wildman–Crippen MR) is 166 cm³/mol. The normalized spacial score (nSPS) is 13.7. The third-order valence-corrected chi connectivity index (χ3v) is 9.69. The molecule has 0 saturated heterocycles. The molecule has 0 radical (unpaired) electrons. The Morgan fingerprint density at radius 1 is 0.822 bits per heavy atom. The van der Waals surface area contributed by atoms with E-state index in [1.54, 1.807) is 18.2 Å². The molecule has 0 aliphatic heterocycles. The zero-order valence-electron chi connectivity index (χ0n) is 22.9. The molecule has 1 heterocycles. The summed E-state index contributed by atoms with van der Waals surface area (Å²) in [6, 6.07) is 17.6. The van der Waals surface area contributed by atoms with Crippen molar-refractivity contribution in [3.05, 3.63) is 111 Å². The summed E-state index contributed by atoms with van der Waals surface area (Å²) in [4.78, 5) is 41.0. The maximum Gasteiger partial charge on any atom is 0.294 e. The number of rotatable bonds is 7. The molecule has 0 amide bonds. The Labute approximate surface area is 259 Å². The summed E-state index contributed by atoms with van der Waals surface area (Å²) in [6.45, 7) is 0. The van der Waals surface area contributed by atoms with Gasteiger partial charge in [0.2, 0.25) is 0 Å². The zero-order chi connectivity index (χ0) is 32.4. The largest absolute Gasteiger partial charge is 0.354 e. The Kier molecular flexibility index (Phi) is 7.47. The van der Waals surface area contributed by atoms with E-state index in [-0.39, 0.29) is 59.9 Å². The molecule has 1 aliphatic rings. The van der Waals surface area contributed by atoms with Crippen LogP contribution < -0.4 is 10.9 Å². The smallest absolute Gasteiger partial charge is 0.294 e. The highest BCUT2D eigenvalue weighted by molar-refractivity contribution is 7.85. The van der Waals surface area contributed by atoms with Crippen LogP contribution in [0.1, 0.15) is 31.8 Å². The summed E-state index contributed by atoms with van der Waals surface area (Å²) >= 11 is -5.04. The Morgan fingerprint density at radius 2 is 1.51 bits per heavy atom. The van der Waals surface area contributed by atoms with Gasteiger partial charge in [-0.1, -0.05) is 36.4 Å². The fourth-order valence-electron chi connectivity index (χ4n) is 5.43. The van der Waals surface area contributed by atoms with Crippen molar-refractivity contribution in [2.75, 3.05) is 5.32 Å². The number of ketones is 2. The standard InChI is InChI=1S/C30H20N2O10S3/c1-32-22-12-11-21(31-20-10-9-16(43(36)37)14-23(20)44(38)39)25-26(22)24(18-7-2-3-8-19(18)29(25)34)27(30(32)35)28(33)15-5-4-6-17(13-15)45(40,41)42/h2-14,31H,1H3,(H,36,37)(H,38,39)(H,40,41,42). The van der Waals surface area contributed by atoms with E-state index in [0.717, 1.165) is 18.2 Å². The fourth-order valence-corrected chi connectivity index (χ4v) is 6.97. The molecule has 2 unspecified atom stereocenters. The van der Waals surface area contributed by atoms with Crippen LogP contribution in [0, 0.1) is 0 Å². The first-order chi connectivity index (χ1) is 21.3. The number of hydrogen-bond donors (Lipinski definition) is 4. The van der Waals surface area contributed by atoms with Gasteiger partial charge in [-0.3, -0.25) is 18.9 Å². The van der Waals surface area contributed by atoms with Gasteiger partial charge in [-0.15, -0.1) is 0 Å². The van der Waals surface area contributed by atoms with Gasteiger partial charge in [0.1, 0.15) is 0 Å². The Hall–Kier alpha value is -4.64. The van der Waals surface area contributed by atoms with Crippen molar-refractivity contribution in [2.24, 2.45) is 7.05 Å². The third kappa shape index (κ3) is 5.04. The van der Waals surface area contributed by atoms with E-state index < -0.39 is 54.3 Å². The minimum absolute atomic E-state index is 0.0435. The van der Waals surface area contributed by atoms with Gasteiger partial charge in [-0.25, -0.2) is 8.42 Å². The van der Waals surface area contributed by atoms with Crippen LogP contribution >= 0.6 is 0 Å². The van der Waals surface area contributed by atoms with E-state index in [0.29, 0.717) is 5.52 Å². The molecule has 5 aromatic rings. The summed E-state index contributed by atoms with van der Waals surface area (Å²) in [7, 11) is -3.26. The number of nitrogens with one attached hydrogen (secondary N) is 1. The fraction of sp³-hybridized carbons (Fsp3) is 0.0333. The molecule has 0 bridgehead atoms. The van der Waals surface area contributed by atoms with Crippen LogP contribution in [0.15, 0.2) is 98.3 Å². The molecule has 1 aliphatic carbocycles. The van der Waals surface area contributed by atoms with Gasteiger partial charge in [-0.05, 0) is 48.0 Å². The van der Waals surface area contributed by atoms with E-state index in [9.17, 15) is 44.9 Å². The van der Waals surface area contributed by atoms with E-state index >= 15 is 0 Å². The maximum absolute atomic E-state index is 14.1. The third-order valence-electron chi connectivity index (χ3n) is 7.46. The number of carbonyl (C=O) groups excluding carboxylic acids is 2. The van der Waals surface area contributed by atoms with Gasteiger partial charge < -0.3 is 19.0 Å². The second-order valence-corrected chi connectivity index (χ2v) is 13.3. The quantitative estimate of drug-likeness (QED) is 0.109. The maximum atomic E-state index is 14.1. The first-order valence-corrected chi connectivity index (χ1v) is 16.5. The number of hydrogen-bond acceptors (Lipinski definition) is 8. The number of aryl methyl sites for hydroxylation is 1. The Morgan fingerprint density at radius 3 is 2.18 bits per heavy atom. The van der Waals surface area contributed by atoms with E-state index in [1.165, 1.54) is 54.1 Å². The molecule has 4 aromatic carbocycles. The molecule has 15 heteroatoms. The molecule has 12 nitrogen and oxygen atoms in total. The number of carbonyl (C=O) groups is 2. The van der Waals surface area contributed by atoms with Gasteiger partial charge in [0, 0.05) is 29.1 Å². The van der Waals surface area contributed by atoms with Gasteiger partial charge in [0.15, 0.2) is 33.7 Å². The van der Waals surface area contributed by atoms with Crippen molar-refractivity contribution >= 4 is 66.1 Å². The molecule has 2 atom stereocenters. The summed E-state index contributed by atoms with van der Waals surface area (Å²) < 4.78 is 77.5. The second-order valence-electron chi connectivity index (χ2n) is 9.98. The highest BCUT2D eigenvalue weighted by Crippen LogP contribution is 2.44. The molecule has 6 rings (SSSR count). The lowest BCUT2D eigenvalue weighted by molar-refractivity contribution is 0.102. The van der Waals surface area contributed by atoms with Crippen molar-refractivity contribution < 1.29 is 40.1 Å². The van der Waals surface area contributed by atoms with E-state index in [1.807, 2.05) is 0 Å². The van der Waals surface area contributed by atoms with Crippen LogP contribution in [-0.2, 0) is 39.3 Å². The molecule has 0 saturated carbocycles. The van der Waals surface area contributed by atoms with E-state index in [2.05, 4.69) is 5.32 Å². The van der Waals surface area contributed by atoms with Crippen molar-refractivity contribution in [3.63, 3.8) is 0 Å². The van der Waals surface area contributed by atoms with Gasteiger partial charge in [-0.2, -0.15) is 8.42 Å². The summed E-state index contributed by atoms with van der Waals surface area (Å²) in [6.07, 6.45) is 0. The first-order valence-electron chi connectivity index (χ1n) is 12.9. The molecule has 1 aromatic heterocycles. The minimum atomic E-state index is -4.67. The lowest BCUT2D eigenvalue weighted by atomic mass is 9.80. The monoisotopic (exact) mass is 664 g/mol. The molecular weight excluding hydrogens is 645 g/mol. The molecule has 4 N–H and O–H groups in total. The van der Waals surface area contributed by atoms with Gasteiger partial charge in [0.25, 0.3) is 15.7 Å². The number of aromatic nitrogens is 1. The molecule has 0 spiro atoms. The lowest BCUT2D eigenvalue weighted by Gasteiger charge is -2.26. The second kappa shape index (κ2) is 11.1. The SMILES string of the molecule is Cn1c(=O)c(C(=O)c2cccc(S(=O)(=O)O)c2)c2c3c(c(Nc4ccc(S(=O)O)cc4S(=O)O)ccc31)C(=O)c1ccccc1-2. The van der Waals surface area contributed by atoms with Gasteiger partial charge in [0.05, 0.1) is 42.7 Å². The van der Waals surface area contributed by atoms with Crippen molar-refractivity contribution in [2.45, 2.75) is 14.7 Å². The molecule has 228 valence electrons. The van der Waals surface area contributed by atoms with Crippen molar-refractivity contribution in [1.82, 2.24) is 4.57 Å². The van der Waals surface area contributed by atoms with Crippen LogP contribution in [0.3, 0.4) is 0 Å². The van der Waals surface area contributed by atoms with Gasteiger partial charge >= 0.3 is 0 Å². The average molecular weight is 665 g/mol. The van der Waals surface area contributed by atoms with Crippen LogP contribution in [0.5, 0.6) is 0 Å². The number of pyridine rings is 1. The minimum Gasteiger partial charge on any atom is -0.354 e. The number of benzene rings is 4. The first kappa shape index (κ1) is 30.4. The summed E-state index contributed by atoms with van der Waals surface area (Å²) in [5.41, 5.74) is -0.150. The highest BCUT2D eigenvalue weighted by atomic mass is 32.2. The van der Waals surface area contributed by atoms with Crippen LogP contribution in [0.25, 0.3) is 22.0 Å². The molecular formula is C30H20N2O10S3. The van der Waals surface area contributed by atoms with Crippen LogP contribution in [0.2, 0.25) is 0 Å². The predicted octanol–water partition coefficient (Wildman–Crippen LogP) is 4.13. The zero-order valence-corrected chi connectivity index (χ0v) is 25.3. The Bertz CT molecular complexity index is 2360. The summed E-state index contributed by atoms with van der Waals surface area (Å²) in [5, 5.41) is 3.19. The summed E-state index contributed by atoms with van der Waals surface area (Å²) in [5.74, 6) is -1.33. The van der Waals surface area contributed by atoms with Crippen LogP contribution in [0.4, 0.5) is 11.4 Å². The lowest BCUT2D eigenvalue weighted by Crippen LogP contribution is -2.29. The molecule has 0 fully saturated rings. The van der Waals surface area contributed by atoms with Crippen molar-refractivity contribution in [3.8, 4) is 11.1 Å².